The standard InChI is InChI=1S/C16H23N5O2/c1-16(2,3)23-15(22)20-7-6-11(9-20)8-12-4-5-13-14(17)18-10-19-21(12)13/h4-5,10-11H,6-9H2,1-3H3,(H2,17,18,19). The summed E-state index contributed by atoms with van der Waals surface area (Å²) in [7, 11) is 0. The maximum atomic E-state index is 12.1. The van der Waals surface area contributed by atoms with Crippen molar-refractivity contribution in [3.63, 3.8) is 0 Å². The molecule has 2 aromatic heterocycles. The van der Waals surface area contributed by atoms with Crippen molar-refractivity contribution in [1.82, 2.24) is 19.5 Å². The van der Waals surface area contributed by atoms with E-state index in [1.807, 2.05) is 37.4 Å². The van der Waals surface area contributed by atoms with Gasteiger partial charge in [-0.1, -0.05) is 0 Å². The van der Waals surface area contributed by atoms with Crippen molar-refractivity contribution in [2.75, 3.05) is 18.8 Å². The number of ether oxygens (including phenoxy) is 1. The van der Waals surface area contributed by atoms with Gasteiger partial charge < -0.3 is 15.4 Å². The van der Waals surface area contributed by atoms with Crippen LogP contribution in [0.2, 0.25) is 0 Å². The minimum absolute atomic E-state index is 0.230. The quantitative estimate of drug-likeness (QED) is 0.917. The van der Waals surface area contributed by atoms with Gasteiger partial charge in [0, 0.05) is 18.8 Å². The van der Waals surface area contributed by atoms with Gasteiger partial charge in [0.25, 0.3) is 0 Å². The Morgan fingerprint density at radius 2 is 2.22 bits per heavy atom. The Morgan fingerprint density at radius 1 is 1.43 bits per heavy atom. The fraction of sp³-hybridized carbons (Fsp3) is 0.562. The number of anilines is 1. The zero-order valence-corrected chi connectivity index (χ0v) is 13.8. The number of carbonyl (C=O) groups excluding carboxylic acids is 1. The summed E-state index contributed by atoms with van der Waals surface area (Å²) in [5, 5.41) is 4.27. The normalized spacial score (nSPS) is 18.6. The minimum atomic E-state index is -0.457. The molecule has 7 heteroatoms. The number of amides is 1. The van der Waals surface area contributed by atoms with Gasteiger partial charge in [0.1, 0.15) is 17.4 Å². The third kappa shape index (κ3) is 3.38. The highest BCUT2D eigenvalue weighted by Crippen LogP contribution is 2.24. The lowest BCUT2D eigenvalue weighted by atomic mass is 10.0. The second-order valence-corrected chi connectivity index (χ2v) is 7.05. The van der Waals surface area contributed by atoms with Crippen molar-refractivity contribution in [3.05, 3.63) is 24.2 Å². The van der Waals surface area contributed by atoms with Crippen molar-refractivity contribution in [2.45, 2.75) is 39.2 Å². The van der Waals surface area contributed by atoms with Crippen LogP contribution in [0.15, 0.2) is 18.5 Å². The van der Waals surface area contributed by atoms with Gasteiger partial charge in [-0.2, -0.15) is 5.10 Å². The van der Waals surface area contributed by atoms with Gasteiger partial charge in [0.05, 0.1) is 0 Å². The first kappa shape index (κ1) is 15.6. The second kappa shape index (κ2) is 5.72. The van der Waals surface area contributed by atoms with Gasteiger partial charge in [-0.25, -0.2) is 14.3 Å². The van der Waals surface area contributed by atoms with Crippen molar-refractivity contribution < 1.29 is 9.53 Å². The van der Waals surface area contributed by atoms with E-state index in [1.54, 1.807) is 4.90 Å². The van der Waals surface area contributed by atoms with Crippen LogP contribution in [0.4, 0.5) is 10.6 Å². The van der Waals surface area contributed by atoms with Crippen molar-refractivity contribution in [3.8, 4) is 0 Å². The van der Waals surface area contributed by atoms with Crippen LogP contribution in [-0.2, 0) is 11.2 Å². The molecular weight excluding hydrogens is 294 g/mol. The summed E-state index contributed by atoms with van der Waals surface area (Å²) < 4.78 is 7.27. The van der Waals surface area contributed by atoms with Gasteiger partial charge in [-0.15, -0.1) is 0 Å². The van der Waals surface area contributed by atoms with Gasteiger partial charge >= 0.3 is 6.09 Å². The molecule has 3 rings (SSSR count). The van der Waals surface area contributed by atoms with E-state index < -0.39 is 5.60 Å². The number of aromatic nitrogens is 3. The first-order valence-corrected chi connectivity index (χ1v) is 7.88. The predicted octanol–water partition coefficient (Wildman–Crippen LogP) is 2.11. The second-order valence-electron chi connectivity index (χ2n) is 7.05. The molecule has 0 saturated carbocycles. The lowest BCUT2D eigenvalue weighted by molar-refractivity contribution is 0.0288. The van der Waals surface area contributed by atoms with Crippen LogP contribution >= 0.6 is 0 Å². The van der Waals surface area contributed by atoms with Gasteiger partial charge in [0.2, 0.25) is 0 Å². The summed E-state index contributed by atoms with van der Waals surface area (Å²) in [4.78, 5) is 17.9. The average Bonchev–Trinajstić information content (AvgIpc) is 3.06. The van der Waals surface area contributed by atoms with Crippen LogP contribution in [0.3, 0.4) is 0 Å². The molecule has 1 aliphatic rings. The number of nitrogens with zero attached hydrogens (tertiary/aromatic N) is 4. The Bertz CT molecular complexity index is 719. The molecule has 1 unspecified atom stereocenters. The van der Waals surface area contributed by atoms with E-state index in [1.165, 1.54) is 6.33 Å². The number of hydrogen-bond acceptors (Lipinski definition) is 5. The van der Waals surface area contributed by atoms with Crippen LogP contribution in [0, 0.1) is 5.92 Å². The van der Waals surface area contributed by atoms with E-state index in [2.05, 4.69) is 10.1 Å². The molecule has 1 fully saturated rings. The molecule has 23 heavy (non-hydrogen) atoms. The van der Waals surface area contributed by atoms with Crippen LogP contribution in [0.5, 0.6) is 0 Å². The molecule has 3 heterocycles. The SMILES string of the molecule is CC(C)(C)OC(=O)N1CCC(Cc2ccc3c(N)ncnn23)C1. The third-order valence-electron chi connectivity index (χ3n) is 4.00. The molecule has 1 aliphatic heterocycles. The van der Waals surface area contributed by atoms with E-state index >= 15 is 0 Å². The molecule has 0 spiro atoms. The lowest BCUT2D eigenvalue weighted by Gasteiger charge is -2.24. The number of hydrogen-bond donors (Lipinski definition) is 1. The summed E-state index contributed by atoms with van der Waals surface area (Å²) >= 11 is 0. The third-order valence-corrected chi connectivity index (χ3v) is 4.00. The van der Waals surface area contributed by atoms with Crippen LogP contribution in [0.25, 0.3) is 5.52 Å². The smallest absolute Gasteiger partial charge is 0.410 e. The van der Waals surface area contributed by atoms with Gasteiger partial charge in [0.15, 0.2) is 5.82 Å². The molecule has 1 amide bonds. The molecule has 2 aromatic rings. The van der Waals surface area contributed by atoms with E-state index in [0.717, 1.165) is 30.6 Å². The maximum Gasteiger partial charge on any atom is 0.410 e. The highest BCUT2D eigenvalue weighted by atomic mass is 16.6. The largest absolute Gasteiger partial charge is 0.444 e. The number of nitrogen functional groups attached to an aromatic ring is 1. The summed E-state index contributed by atoms with van der Waals surface area (Å²) in [6.07, 6.45) is 3.05. The highest BCUT2D eigenvalue weighted by Gasteiger charge is 2.30. The zero-order chi connectivity index (χ0) is 16.6. The van der Waals surface area contributed by atoms with Crippen molar-refractivity contribution in [2.24, 2.45) is 5.92 Å². The molecule has 0 aromatic carbocycles. The summed E-state index contributed by atoms with van der Waals surface area (Å²) in [5.74, 6) is 0.880. The Kier molecular flexibility index (Phi) is 3.87. The Morgan fingerprint density at radius 3 is 2.96 bits per heavy atom. The van der Waals surface area contributed by atoms with Crippen LogP contribution < -0.4 is 5.73 Å². The van der Waals surface area contributed by atoms with E-state index in [0.29, 0.717) is 18.3 Å². The average molecular weight is 317 g/mol. The number of likely N-dealkylation sites (tertiary alicyclic amines) is 1. The number of carbonyl (C=O) groups is 1. The molecule has 0 bridgehead atoms. The monoisotopic (exact) mass is 317 g/mol. The number of nitrogens with two attached hydrogens (primary N) is 1. The summed E-state index contributed by atoms with van der Waals surface area (Å²) in [5.41, 5.74) is 7.31. The molecule has 0 aliphatic carbocycles. The maximum absolute atomic E-state index is 12.1. The first-order valence-electron chi connectivity index (χ1n) is 7.88. The zero-order valence-electron chi connectivity index (χ0n) is 13.8. The van der Waals surface area contributed by atoms with Gasteiger partial charge in [-0.3, -0.25) is 0 Å². The van der Waals surface area contributed by atoms with Crippen LogP contribution in [-0.4, -0.2) is 44.3 Å². The molecule has 2 N–H and O–H groups in total. The van der Waals surface area contributed by atoms with Crippen LogP contribution in [0.1, 0.15) is 32.9 Å². The minimum Gasteiger partial charge on any atom is -0.444 e. The van der Waals surface area contributed by atoms with Gasteiger partial charge in [-0.05, 0) is 51.7 Å². The Hall–Kier alpha value is -2.31. The molecule has 1 atom stereocenters. The molecule has 124 valence electrons. The lowest BCUT2D eigenvalue weighted by Crippen LogP contribution is -2.35. The first-order chi connectivity index (χ1) is 10.8. The Labute approximate surface area is 135 Å². The highest BCUT2D eigenvalue weighted by molar-refractivity contribution is 5.68. The summed E-state index contributed by atoms with van der Waals surface area (Å²) in [6.45, 7) is 7.10. The number of rotatable bonds is 2. The van der Waals surface area contributed by atoms with E-state index in [-0.39, 0.29) is 6.09 Å². The fourth-order valence-electron chi connectivity index (χ4n) is 2.95. The predicted molar refractivity (Wildman–Crippen MR) is 87.0 cm³/mol. The van der Waals surface area contributed by atoms with E-state index in [9.17, 15) is 4.79 Å². The molecule has 7 nitrogen and oxygen atoms in total. The Balaban J connectivity index is 1.66. The fourth-order valence-corrected chi connectivity index (χ4v) is 2.95. The number of fused-ring (bicyclic) bond motifs is 1. The molecule has 0 radical (unpaired) electrons. The van der Waals surface area contributed by atoms with Crippen molar-refractivity contribution >= 4 is 17.4 Å². The molecule has 1 saturated heterocycles. The van der Waals surface area contributed by atoms with E-state index in [4.69, 9.17) is 10.5 Å². The topological polar surface area (TPSA) is 85.8 Å². The molecular formula is C16H23N5O2. The summed E-state index contributed by atoms with van der Waals surface area (Å²) in [6, 6.07) is 3.96. The van der Waals surface area contributed by atoms with Crippen molar-refractivity contribution in [1.29, 1.82) is 0 Å².